The maximum absolute atomic E-state index is 13.6. The van der Waals surface area contributed by atoms with Crippen LogP contribution in [0.1, 0.15) is 79.4 Å². The normalized spacial score (nSPS) is 20.6. The van der Waals surface area contributed by atoms with Gasteiger partial charge in [-0.3, -0.25) is 14.4 Å². The van der Waals surface area contributed by atoms with Crippen molar-refractivity contribution in [3.05, 3.63) is 41.3 Å². The molecule has 3 heterocycles. The van der Waals surface area contributed by atoms with Crippen LogP contribution in [0, 0.1) is 12.8 Å². The Kier molecular flexibility index (Phi) is 7.09. The predicted molar refractivity (Wildman–Crippen MR) is 131 cm³/mol. The fourth-order valence-corrected chi connectivity index (χ4v) is 5.75. The van der Waals surface area contributed by atoms with Gasteiger partial charge in [0, 0.05) is 30.5 Å². The summed E-state index contributed by atoms with van der Waals surface area (Å²) >= 11 is 0. The number of benzene rings is 1. The minimum absolute atomic E-state index is 0.0205. The molecule has 192 valence electrons. The number of aromatic nitrogens is 1. The molecular formula is C27H33N3O6. The third kappa shape index (κ3) is 4.76. The lowest BCUT2D eigenvalue weighted by molar-refractivity contribution is -0.141. The summed E-state index contributed by atoms with van der Waals surface area (Å²) in [4.78, 5) is 39.3. The van der Waals surface area contributed by atoms with Gasteiger partial charge in [-0.1, -0.05) is 43.3 Å². The van der Waals surface area contributed by atoms with E-state index in [1.165, 1.54) is 12.7 Å². The van der Waals surface area contributed by atoms with E-state index in [0.29, 0.717) is 48.7 Å². The zero-order chi connectivity index (χ0) is 25.1. The summed E-state index contributed by atoms with van der Waals surface area (Å²) in [6.45, 7) is 2.73. The molecule has 9 nitrogen and oxygen atoms in total. The molecule has 1 atom stereocenters. The average molecular weight is 496 g/mol. The summed E-state index contributed by atoms with van der Waals surface area (Å²) in [5.41, 5.74) is 1.52. The monoisotopic (exact) mass is 495 g/mol. The summed E-state index contributed by atoms with van der Waals surface area (Å²) < 4.78 is 16.0. The lowest BCUT2D eigenvalue weighted by Gasteiger charge is -2.30. The Morgan fingerprint density at radius 2 is 1.81 bits per heavy atom. The Morgan fingerprint density at radius 1 is 1.08 bits per heavy atom. The van der Waals surface area contributed by atoms with E-state index in [0.717, 1.165) is 44.1 Å². The molecule has 1 aromatic heterocycles. The topological polar surface area (TPSA) is 120 Å². The number of carbonyl (C=O) groups is 3. The predicted octanol–water partition coefficient (Wildman–Crippen LogP) is 4.05. The summed E-state index contributed by atoms with van der Waals surface area (Å²) in [6, 6.07) is 4.67. The Morgan fingerprint density at radius 3 is 2.50 bits per heavy atom. The van der Waals surface area contributed by atoms with Crippen LogP contribution in [-0.2, 0) is 19.7 Å². The molecule has 1 spiro atoms. The minimum atomic E-state index is -0.706. The largest absolute Gasteiger partial charge is 0.425 e. The molecule has 1 unspecified atom stereocenters. The van der Waals surface area contributed by atoms with E-state index in [1.807, 2.05) is 6.07 Å². The highest BCUT2D eigenvalue weighted by atomic mass is 16.5. The van der Waals surface area contributed by atoms with Gasteiger partial charge in [-0.15, -0.1) is 0 Å². The molecule has 2 aliphatic heterocycles. The zero-order valence-electron chi connectivity index (χ0n) is 20.6. The number of amides is 2. The van der Waals surface area contributed by atoms with Crippen molar-refractivity contribution in [3.63, 3.8) is 0 Å². The first kappa shape index (κ1) is 24.5. The maximum atomic E-state index is 13.6. The van der Waals surface area contributed by atoms with E-state index in [2.05, 4.69) is 15.8 Å². The summed E-state index contributed by atoms with van der Waals surface area (Å²) in [6.07, 6.45) is 9.73. The van der Waals surface area contributed by atoms with E-state index in [9.17, 15) is 14.4 Å². The van der Waals surface area contributed by atoms with Gasteiger partial charge in [0.2, 0.25) is 5.91 Å². The highest BCUT2D eigenvalue weighted by Gasteiger charge is 2.50. The van der Waals surface area contributed by atoms with Crippen molar-refractivity contribution in [2.75, 3.05) is 18.5 Å². The summed E-state index contributed by atoms with van der Waals surface area (Å²) in [5.74, 6) is -0.417. The molecule has 2 aromatic rings. The number of anilines is 1. The Labute approximate surface area is 210 Å². The molecule has 1 aliphatic carbocycles. The van der Waals surface area contributed by atoms with Crippen molar-refractivity contribution in [3.8, 4) is 5.75 Å². The van der Waals surface area contributed by atoms with Crippen LogP contribution in [0.25, 0.3) is 0 Å². The van der Waals surface area contributed by atoms with Gasteiger partial charge in [-0.05, 0) is 44.6 Å². The van der Waals surface area contributed by atoms with Gasteiger partial charge >= 0.3 is 5.97 Å². The standard InChI is InChI=1S/C27H33N3O6/c1-17-20(16-35-30-17)24(31)29-23(18-7-5-3-2-4-6-8-18)25(32)28-19-9-10-21-22(15-19)36-26(33)27(21)11-13-34-14-12-27/h9-10,15-16,18,23H,2-8,11-14H2,1H3,(H,28,32)(H,29,31). The lowest BCUT2D eigenvalue weighted by Crippen LogP contribution is -2.48. The van der Waals surface area contributed by atoms with Crippen LogP contribution >= 0.6 is 0 Å². The molecule has 3 aliphatic rings. The minimum Gasteiger partial charge on any atom is -0.425 e. The highest BCUT2D eigenvalue weighted by molar-refractivity contribution is 6.02. The van der Waals surface area contributed by atoms with Crippen molar-refractivity contribution in [1.29, 1.82) is 0 Å². The molecule has 2 fully saturated rings. The third-order valence-corrected chi connectivity index (χ3v) is 7.89. The van der Waals surface area contributed by atoms with Crippen molar-refractivity contribution in [2.45, 2.75) is 76.2 Å². The Bertz CT molecular complexity index is 1130. The Balaban J connectivity index is 1.36. The number of fused-ring (bicyclic) bond motifs is 2. The number of nitrogens with zero attached hydrogens (tertiary/aromatic N) is 1. The molecular weight excluding hydrogens is 462 g/mol. The first-order valence-electron chi connectivity index (χ1n) is 13.0. The molecule has 0 radical (unpaired) electrons. The van der Waals surface area contributed by atoms with Crippen LogP contribution in [0.5, 0.6) is 5.75 Å². The van der Waals surface area contributed by atoms with E-state index in [-0.39, 0.29) is 23.7 Å². The smallest absolute Gasteiger partial charge is 0.322 e. The van der Waals surface area contributed by atoms with E-state index >= 15 is 0 Å². The molecule has 2 amide bonds. The second-order valence-electron chi connectivity index (χ2n) is 10.2. The molecule has 1 saturated heterocycles. The van der Waals surface area contributed by atoms with Crippen molar-refractivity contribution in [2.24, 2.45) is 5.92 Å². The fourth-order valence-electron chi connectivity index (χ4n) is 5.75. The molecule has 1 saturated carbocycles. The van der Waals surface area contributed by atoms with Crippen LogP contribution in [0.4, 0.5) is 5.69 Å². The number of carbonyl (C=O) groups excluding carboxylic acids is 3. The van der Waals surface area contributed by atoms with Crippen molar-refractivity contribution < 1.29 is 28.4 Å². The van der Waals surface area contributed by atoms with E-state index in [4.69, 9.17) is 14.0 Å². The van der Waals surface area contributed by atoms with Crippen LogP contribution in [0.15, 0.2) is 29.0 Å². The summed E-state index contributed by atoms with van der Waals surface area (Å²) in [5, 5.41) is 9.71. The fraction of sp³-hybridized carbons (Fsp3) is 0.556. The van der Waals surface area contributed by atoms with Crippen molar-refractivity contribution in [1.82, 2.24) is 10.5 Å². The van der Waals surface area contributed by atoms with Crippen LogP contribution in [-0.4, -0.2) is 42.2 Å². The number of esters is 1. The molecule has 5 rings (SSSR count). The van der Waals surface area contributed by atoms with Crippen LogP contribution in [0.3, 0.4) is 0 Å². The summed E-state index contributed by atoms with van der Waals surface area (Å²) in [7, 11) is 0. The quantitative estimate of drug-likeness (QED) is 0.474. The first-order chi connectivity index (χ1) is 17.5. The van der Waals surface area contributed by atoms with Gasteiger partial charge in [0.1, 0.15) is 29.0 Å². The SMILES string of the molecule is Cc1nocc1C(=O)NC(C(=O)Nc1ccc2c(c1)OC(=O)C21CCOCC1)C1CCCCCCC1. The van der Waals surface area contributed by atoms with Crippen LogP contribution < -0.4 is 15.4 Å². The highest BCUT2D eigenvalue weighted by Crippen LogP contribution is 2.47. The second-order valence-corrected chi connectivity index (χ2v) is 10.2. The van der Waals surface area contributed by atoms with Gasteiger partial charge in [0.05, 0.1) is 5.69 Å². The molecule has 2 N–H and O–H groups in total. The molecule has 36 heavy (non-hydrogen) atoms. The second kappa shape index (κ2) is 10.4. The van der Waals surface area contributed by atoms with Crippen LogP contribution in [0.2, 0.25) is 0 Å². The lowest BCUT2D eigenvalue weighted by atomic mass is 9.75. The zero-order valence-corrected chi connectivity index (χ0v) is 20.6. The number of hydrogen-bond acceptors (Lipinski definition) is 7. The van der Waals surface area contributed by atoms with E-state index in [1.54, 1.807) is 19.1 Å². The Hall–Kier alpha value is -3.20. The first-order valence-corrected chi connectivity index (χ1v) is 13.0. The van der Waals surface area contributed by atoms with Gasteiger partial charge < -0.3 is 24.6 Å². The van der Waals surface area contributed by atoms with Gasteiger partial charge in [-0.2, -0.15) is 0 Å². The molecule has 9 heteroatoms. The number of rotatable bonds is 5. The maximum Gasteiger partial charge on any atom is 0.322 e. The number of ether oxygens (including phenoxy) is 2. The van der Waals surface area contributed by atoms with Gasteiger partial charge in [-0.25, -0.2) is 0 Å². The molecule has 1 aromatic carbocycles. The van der Waals surface area contributed by atoms with E-state index < -0.39 is 11.5 Å². The third-order valence-electron chi connectivity index (χ3n) is 7.89. The number of aryl methyl sites for hydroxylation is 1. The van der Waals surface area contributed by atoms with Crippen molar-refractivity contribution >= 4 is 23.5 Å². The molecule has 0 bridgehead atoms. The van der Waals surface area contributed by atoms with Gasteiger partial charge in [0.15, 0.2) is 0 Å². The van der Waals surface area contributed by atoms with Gasteiger partial charge in [0.25, 0.3) is 5.91 Å². The average Bonchev–Trinajstić information content (AvgIpc) is 3.39. The number of nitrogens with one attached hydrogen (secondary N) is 2. The number of hydrogen-bond donors (Lipinski definition) is 2.